The Bertz CT molecular complexity index is 904. The second-order valence-corrected chi connectivity index (χ2v) is 8.46. The van der Waals surface area contributed by atoms with Gasteiger partial charge in [-0.25, -0.2) is 14.4 Å². The standard InChI is InChI=1S/C24H32FN5O.HI/c1-3-26-23(29-17-24(10-11-24)20-6-4-5-7-21(20)25)28-15-19-8-9-22(27-14-19)30-12-13-31-18(2)16-30;/h4-9,14,18H,3,10-13,15-17H2,1-2H3,(H2,26,28,29);1H. The number of hydrogen-bond donors (Lipinski definition) is 2. The number of ether oxygens (including phenoxy) is 1. The number of anilines is 1. The molecular formula is C24H33FIN5O. The Balaban J connectivity index is 0.00000289. The van der Waals surface area contributed by atoms with Gasteiger partial charge in [0.2, 0.25) is 0 Å². The first kappa shape index (κ1) is 24.7. The van der Waals surface area contributed by atoms with Crippen LogP contribution in [-0.2, 0) is 16.7 Å². The summed E-state index contributed by atoms with van der Waals surface area (Å²) in [6.07, 6.45) is 4.11. The van der Waals surface area contributed by atoms with Crippen LogP contribution >= 0.6 is 24.0 Å². The zero-order valence-corrected chi connectivity index (χ0v) is 21.1. The summed E-state index contributed by atoms with van der Waals surface area (Å²) < 4.78 is 19.9. The number of guanidine groups is 1. The normalized spacial score (nSPS) is 19.8. The third-order valence-corrected chi connectivity index (χ3v) is 6.03. The molecular weight excluding hydrogens is 520 g/mol. The Labute approximate surface area is 207 Å². The number of morpholine rings is 1. The first-order chi connectivity index (χ1) is 15.1. The third-order valence-electron chi connectivity index (χ3n) is 6.03. The highest BCUT2D eigenvalue weighted by atomic mass is 127. The molecule has 174 valence electrons. The van der Waals surface area contributed by atoms with Gasteiger partial charge >= 0.3 is 0 Å². The Morgan fingerprint density at radius 2 is 2.06 bits per heavy atom. The predicted molar refractivity (Wildman–Crippen MR) is 137 cm³/mol. The number of nitrogens with one attached hydrogen (secondary N) is 2. The molecule has 32 heavy (non-hydrogen) atoms. The number of aliphatic imine (C=N–C) groups is 1. The van der Waals surface area contributed by atoms with E-state index in [4.69, 9.17) is 9.73 Å². The molecule has 1 saturated carbocycles. The molecule has 2 N–H and O–H groups in total. The van der Waals surface area contributed by atoms with E-state index >= 15 is 0 Å². The molecule has 1 aliphatic carbocycles. The van der Waals surface area contributed by atoms with E-state index in [9.17, 15) is 4.39 Å². The molecule has 6 nitrogen and oxygen atoms in total. The molecule has 2 aromatic rings. The molecule has 0 spiro atoms. The highest BCUT2D eigenvalue weighted by molar-refractivity contribution is 14.0. The number of rotatable bonds is 7. The van der Waals surface area contributed by atoms with E-state index in [1.165, 1.54) is 0 Å². The molecule has 1 unspecified atom stereocenters. The number of hydrogen-bond acceptors (Lipinski definition) is 4. The molecule has 1 saturated heterocycles. The average Bonchev–Trinajstić information content (AvgIpc) is 3.57. The van der Waals surface area contributed by atoms with Gasteiger partial charge < -0.3 is 20.3 Å². The number of halogens is 2. The zero-order valence-electron chi connectivity index (χ0n) is 18.8. The molecule has 2 aliphatic rings. The first-order valence-corrected chi connectivity index (χ1v) is 11.2. The first-order valence-electron chi connectivity index (χ1n) is 11.2. The summed E-state index contributed by atoms with van der Waals surface area (Å²) in [5, 5.41) is 6.71. The minimum absolute atomic E-state index is 0. The molecule has 0 radical (unpaired) electrons. The average molecular weight is 553 g/mol. The van der Waals surface area contributed by atoms with Crippen molar-refractivity contribution < 1.29 is 9.13 Å². The molecule has 1 aromatic carbocycles. The second-order valence-electron chi connectivity index (χ2n) is 8.46. The SMILES string of the molecule is CCNC(=NCc1ccc(N2CCOC(C)C2)nc1)NCC1(c2ccccc2F)CC1.I. The quantitative estimate of drug-likeness (QED) is 0.310. The summed E-state index contributed by atoms with van der Waals surface area (Å²) in [5.41, 5.74) is 1.73. The van der Waals surface area contributed by atoms with Gasteiger partial charge in [0.25, 0.3) is 0 Å². The van der Waals surface area contributed by atoms with Crippen molar-refractivity contribution in [1.29, 1.82) is 0 Å². The fourth-order valence-corrected chi connectivity index (χ4v) is 4.07. The summed E-state index contributed by atoms with van der Waals surface area (Å²) in [5.74, 6) is 1.61. The van der Waals surface area contributed by atoms with Crippen molar-refractivity contribution in [3.8, 4) is 0 Å². The molecule has 1 aromatic heterocycles. The molecule has 8 heteroatoms. The molecule has 0 bridgehead atoms. The smallest absolute Gasteiger partial charge is 0.191 e. The van der Waals surface area contributed by atoms with Gasteiger partial charge in [-0.1, -0.05) is 24.3 Å². The van der Waals surface area contributed by atoms with Crippen LogP contribution in [0.3, 0.4) is 0 Å². The van der Waals surface area contributed by atoms with E-state index in [1.807, 2.05) is 25.3 Å². The Kier molecular flexibility index (Phi) is 8.70. The van der Waals surface area contributed by atoms with Gasteiger partial charge in [0.05, 0.1) is 19.3 Å². The molecule has 2 heterocycles. The van der Waals surface area contributed by atoms with Crippen molar-refractivity contribution in [2.24, 2.45) is 4.99 Å². The van der Waals surface area contributed by atoms with Crippen LogP contribution in [0.2, 0.25) is 0 Å². The van der Waals surface area contributed by atoms with E-state index in [-0.39, 0.29) is 41.3 Å². The lowest BCUT2D eigenvalue weighted by Crippen LogP contribution is -2.41. The minimum atomic E-state index is -0.125. The van der Waals surface area contributed by atoms with Crippen molar-refractivity contribution in [2.75, 3.05) is 37.7 Å². The number of nitrogens with zero attached hydrogens (tertiary/aromatic N) is 3. The van der Waals surface area contributed by atoms with Crippen molar-refractivity contribution >= 4 is 35.8 Å². The summed E-state index contributed by atoms with van der Waals surface area (Å²) in [7, 11) is 0. The molecule has 0 amide bonds. The maximum absolute atomic E-state index is 14.3. The van der Waals surface area contributed by atoms with E-state index in [0.717, 1.165) is 62.0 Å². The lowest BCUT2D eigenvalue weighted by molar-refractivity contribution is 0.0529. The lowest BCUT2D eigenvalue weighted by Gasteiger charge is -2.32. The van der Waals surface area contributed by atoms with Crippen LogP contribution in [0, 0.1) is 5.82 Å². The Morgan fingerprint density at radius 3 is 2.72 bits per heavy atom. The summed E-state index contributed by atoms with van der Waals surface area (Å²) in [4.78, 5) is 11.6. The number of pyridine rings is 1. The largest absolute Gasteiger partial charge is 0.375 e. The predicted octanol–water partition coefficient (Wildman–Crippen LogP) is 3.85. The van der Waals surface area contributed by atoms with Crippen molar-refractivity contribution in [3.05, 3.63) is 59.5 Å². The maximum atomic E-state index is 14.3. The van der Waals surface area contributed by atoms with Gasteiger partial charge in [0.1, 0.15) is 11.6 Å². The third kappa shape index (κ3) is 6.10. The van der Waals surface area contributed by atoms with Gasteiger partial charge in [-0.15, -0.1) is 24.0 Å². The van der Waals surface area contributed by atoms with Crippen LogP contribution in [0.1, 0.15) is 37.8 Å². The Morgan fingerprint density at radius 1 is 1.25 bits per heavy atom. The van der Waals surface area contributed by atoms with E-state index in [2.05, 4.69) is 39.6 Å². The monoisotopic (exact) mass is 553 g/mol. The fraction of sp³-hybridized carbons (Fsp3) is 0.500. The fourth-order valence-electron chi connectivity index (χ4n) is 4.07. The van der Waals surface area contributed by atoms with E-state index < -0.39 is 0 Å². The highest BCUT2D eigenvalue weighted by Gasteiger charge is 2.45. The van der Waals surface area contributed by atoms with Crippen LogP contribution in [0.15, 0.2) is 47.6 Å². The molecule has 1 aliphatic heterocycles. The Hall–Kier alpha value is -1.94. The second kappa shape index (κ2) is 11.3. The van der Waals surface area contributed by atoms with Crippen LogP contribution in [0.25, 0.3) is 0 Å². The summed E-state index contributed by atoms with van der Waals surface area (Å²) in [6.45, 7) is 8.58. The van der Waals surface area contributed by atoms with Crippen molar-refractivity contribution in [3.63, 3.8) is 0 Å². The maximum Gasteiger partial charge on any atom is 0.191 e. The lowest BCUT2D eigenvalue weighted by atomic mass is 9.95. The van der Waals surface area contributed by atoms with E-state index in [1.54, 1.807) is 12.1 Å². The van der Waals surface area contributed by atoms with Gasteiger partial charge in [-0.2, -0.15) is 0 Å². The minimum Gasteiger partial charge on any atom is -0.375 e. The highest BCUT2D eigenvalue weighted by Crippen LogP contribution is 2.48. The summed E-state index contributed by atoms with van der Waals surface area (Å²) >= 11 is 0. The van der Waals surface area contributed by atoms with Gasteiger partial charge in [-0.3, -0.25) is 0 Å². The topological polar surface area (TPSA) is 61.8 Å². The zero-order chi connectivity index (χ0) is 21.7. The van der Waals surface area contributed by atoms with Crippen LogP contribution in [-0.4, -0.2) is 49.8 Å². The van der Waals surface area contributed by atoms with Gasteiger partial charge in [-0.05, 0) is 49.9 Å². The number of aromatic nitrogens is 1. The summed E-state index contributed by atoms with van der Waals surface area (Å²) in [6, 6.07) is 11.2. The van der Waals surface area contributed by atoms with Crippen LogP contribution < -0.4 is 15.5 Å². The molecule has 2 fully saturated rings. The number of benzene rings is 1. The molecule has 1 atom stereocenters. The van der Waals surface area contributed by atoms with E-state index in [0.29, 0.717) is 13.1 Å². The van der Waals surface area contributed by atoms with Crippen molar-refractivity contribution in [1.82, 2.24) is 15.6 Å². The van der Waals surface area contributed by atoms with Crippen LogP contribution in [0.5, 0.6) is 0 Å². The van der Waals surface area contributed by atoms with Gasteiger partial charge in [0.15, 0.2) is 5.96 Å². The van der Waals surface area contributed by atoms with Crippen LogP contribution in [0.4, 0.5) is 10.2 Å². The van der Waals surface area contributed by atoms with Gasteiger partial charge in [0, 0.05) is 37.8 Å². The molecule has 4 rings (SSSR count). The van der Waals surface area contributed by atoms with Crippen molar-refractivity contribution in [2.45, 2.75) is 44.8 Å².